The van der Waals surface area contributed by atoms with E-state index in [9.17, 15) is 0 Å². The first-order valence-electron chi connectivity index (χ1n) is 4.37. The molecule has 0 spiro atoms. The van der Waals surface area contributed by atoms with Gasteiger partial charge in [-0.3, -0.25) is 4.98 Å². The lowest BCUT2D eigenvalue weighted by atomic mass is 10.0. The summed E-state index contributed by atoms with van der Waals surface area (Å²) in [5.41, 5.74) is 3.22. The first kappa shape index (κ1) is 9.22. The van der Waals surface area contributed by atoms with Crippen LogP contribution in [0, 0.1) is 13.1 Å². The maximum absolute atomic E-state index is 5.95. The molecule has 69 valence electrons. The van der Waals surface area contributed by atoms with E-state index < -0.39 is 0 Å². The first-order chi connectivity index (χ1) is 6.79. The lowest BCUT2D eigenvalue weighted by Gasteiger charge is -2.05. The molecule has 2 heteroatoms. The van der Waals surface area contributed by atoms with E-state index in [4.69, 9.17) is 11.6 Å². The lowest BCUT2D eigenvalue weighted by molar-refractivity contribution is 1.27. The molecule has 14 heavy (non-hydrogen) atoms. The monoisotopic (exact) mass is 202 g/mol. The van der Waals surface area contributed by atoms with Gasteiger partial charge in [0, 0.05) is 11.8 Å². The summed E-state index contributed by atoms with van der Waals surface area (Å²) in [6, 6.07) is 10.1. The Morgan fingerprint density at radius 2 is 1.93 bits per heavy atom. The van der Waals surface area contributed by atoms with Crippen molar-refractivity contribution in [1.82, 2.24) is 4.98 Å². The van der Waals surface area contributed by atoms with Crippen LogP contribution in [-0.4, -0.2) is 4.98 Å². The van der Waals surface area contributed by atoms with Crippen LogP contribution >= 0.6 is 11.6 Å². The average Bonchev–Trinajstić information content (AvgIpc) is 2.23. The topological polar surface area (TPSA) is 12.9 Å². The van der Waals surface area contributed by atoms with Gasteiger partial charge in [-0.25, -0.2) is 0 Å². The van der Waals surface area contributed by atoms with Gasteiger partial charge in [0.2, 0.25) is 0 Å². The smallest absolute Gasteiger partial charge is 0.109 e. The second-order valence-corrected chi connectivity index (χ2v) is 3.47. The summed E-state index contributed by atoms with van der Waals surface area (Å²) in [6.07, 6.45) is 4.51. The minimum Gasteiger partial charge on any atom is -0.252 e. The van der Waals surface area contributed by atoms with Gasteiger partial charge in [-0.1, -0.05) is 41.9 Å². The van der Waals surface area contributed by atoms with Crippen LogP contribution in [0.3, 0.4) is 0 Å². The molecule has 1 aromatic heterocycles. The highest BCUT2D eigenvalue weighted by atomic mass is 35.5. The van der Waals surface area contributed by atoms with Crippen molar-refractivity contribution in [3.05, 3.63) is 53.3 Å². The van der Waals surface area contributed by atoms with Gasteiger partial charge in [-0.05, 0) is 18.1 Å². The molecule has 1 nitrogen and oxygen atoms in total. The largest absolute Gasteiger partial charge is 0.252 e. The van der Waals surface area contributed by atoms with Gasteiger partial charge < -0.3 is 0 Å². The zero-order valence-corrected chi connectivity index (χ0v) is 8.55. The molecular weight excluding hydrogens is 194 g/mol. The van der Waals surface area contributed by atoms with Crippen molar-refractivity contribution < 1.29 is 0 Å². The molecule has 0 aliphatic rings. The molecule has 0 unspecified atom stereocenters. The molecule has 0 bridgehead atoms. The van der Waals surface area contributed by atoms with Crippen molar-refractivity contribution >= 4 is 11.6 Å². The number of halogens is 1. The quantitative estimate of drug-likeness (QED) is 0.690. The zero-order valence-electron chi connectivity index (χ0n) is 7.79. The number of benzene rings is 1. The highest BCUT2D eigenvalue weighted by molar-refractivity contribution is 6.31. The normalized spacial score (nSPS) is 10.1. The van der Waals surface area contributed by atoms with Crippen LogP contribution in [0.25, 0.3) is 11.1 Å². The van der Waals surface area contributed by atoms with Crippen LogP contribution in [0.2, 0.25) is 5.02 Å². The fourth-order valence-corrected chi connectivity index (χ4v) is 1.51. The average molecular weight is 203 g/mol. The molecule has 0 saturated carbocycles. The Labute approximate surface area is 88.4 Å². The van der Waals surface area contributed by atoms with Crippen LogP contribution in [-0.2, 0) is 0 Å². The van der Waals surface area contributed by atoms with Gasteiger partial charge >= 0.3 is 0 Å². The van der Waals surface area contributed by atoms with E-state index in [1.54, 1.807) is 6.20 Å². The SMILES string of the molecule is Cc1c(Cl)[c]ncc1-c1ccccc1. The van der Waals surface area contributed by atoms with Crippen LogP contribution < -0.4 is 0 Å². The molecule has 1 heterocycles. The Hall–Kier alpha value is -1.34. The van der Waals surface area contributed by atoms with Gasteiger partial charge in [0.1, 0.15) is 6.20 Å². The lowest BCUT2D eigenvalue weighted by Crippen LogP contribution is -1.86. The summed E-state index contributed by atoms with van der Waals surface area (Å²) in [5, 5.41) is 0.589. The highest BCUT2D eigenvalue weighted by Gasteiger charge is 2.04. The number of aromatic nitrogens is 1. The van der Waals surface area contributed by atoms with E-state index in [2.05, 4.69) is 11.2 Å². The van der Waals surface area contributed by atoms with Crippen molar-refractivity contribution in [1.29, 1.82) is 0 Å². The van der Waals surface area contributed by atoms with Gasteiger partial charge in [0.25, 0.3) is 0 Å². The molecule has 0 aliphatic heterocycles. The number of nitrogens with zero attached hydrogens (tertiary/aromatic N) is 1. The van der Waals surface area contributed by atoms with Crippen molar-refractivity contribution in [3.8, 4) is 11.1 Å². The molecule has 0 N–H and O–H groups in total. The number of hydrogen-bond donors (Lipinski definition) is 0. The third-order valence-corrected chi connectivity index (χ3v) is 2.54. The van der Waals surface area contributed by atoms with Gasteiger partial charge in [0.15, 0.2) is 0 Å². The van der Waals surface area contributed by atoms with Crippen LogP contribution in [0.4, 0.5) is 0 Å². The van der Waals surface area contributed by atoms with Crippen molar-refractivity contribution in [2.45, 2.75) is 6.92 Å². The highest BCUT2D eigenvalue weighted by Crippen LogP contribution is 2.26. The molecule has 0 saturated heterocycles. The standard InChI is InChI=1S/C12H9ClN/c1-9-11(7-14-8-12(9)13)10-5-3-2-4-6-10/h2-7H,1H3. The maximum atomic E-state index is 5.95. The van der Waals surface area contributed by atoms with E-state index in [1.807, 2.05) is 37.3 Å². The minimum absolute atomic E-state index is 0.589. The predicted octanol–water partition coefficient (Wildman–Crippen LogP) is 3.51. The number of pyridine rings is 1. The van der Waals surface area contributed by atoms with E-state index in [-0.39, 0.29) is 0 Å². The van der Waals surface area contributed by atoms with E-state index in [1.165, 1.54) is 0 Å². The van der Waals surface area contributed by atoms with Gasteiger partial charge in [0.05, 0.1) is 5.02 Å². The fraction of sp³-hybridized carbons (Fsp3) is 0.0833. The van der Waals surface area contributed by atoms with Crippen LogP contribution in [0.1, 0.15) is 5.56 Å². The molecule has 0 fully saturated rings. The molecule has 0 aliphatic carbocycles. The van der Waals surface area contributed by atoms with E-state index in [0.717, 1.165) is 16.7 Å². The Kier molecular flexibility index (Phi) is 2.51. The summed E-state index contributed by atoms with van der Waals surface area (Å²) >= 11 is 5.95. The summed E-state index contributed by atoms with van der Waals surface area (Å²) in [4.78, 5) is 3.96. The van der Waals surface area contributed by atoms with E-state index in [0.29, 0.717) is 5.02 Å². The van der Waals surface area contributed by atoms with Gasteiger partial charge in [-0.2, -0.15) is 0 Å². The number of hydrogen-bond acceptors (Lipinski definition) is 1. The van der Waals surface area contributed by atoms with Gasteiger partial charge in [-0.15, -0.1) is 0 Å². The minimum atomic E-state index is 0.589. The summed E-state index contributed by atoms with van der Waals surface area (Å²) in [6.45, 7) is 1.98. The van der Waals surface area contributed by atoms with Crippen molar-refractivity contribution in [2.24, 2.45) is 0 Å². The molecular formula is C12H9ClN. The zero-order chi connectivity index (χ0) is 9.97. The Morgan fingerprint density at radius 1 is 1.21 bits per heavy atom. The summed E-state index contributed by atoms with van der Waals surface area (Å²) in [5.74, 6) is 0. The third kappa shape index (κ3) is 1.64. The van der Waals surface area contributed by atoms with Crippen molar-refractivity contribution in [2.75, 3.05) is 0 Å². The molecule has 0 atom stereocenters. The molecule has 2 aromatic rings. The van der Waals surface area contributed by atoms with Crippen LogP contribution in [0.5, 0.6) is 0 Å². The second-order valence-electron chi connectivity index (χ2n) is 3.09. The van der Waals surface area contributed by atoms with Crippen LogP contribution in [0.15, 0.2) is 36.5 Å². The van der Waals surface area contributed by atoms with Crippen molar-refractivity contribution in [3.63, 3.8) is 0 Å². The maximum Gasteiger partial charge on any atom is 0.109 e. The fourth-order valence-electron chi connectivity index (χ4n) is 1.36. The second kappa shape index (κ2) is 3.81. The summed E-state index contributed by atoms with van der Waals surface area (Å²) in [7, 11) is 0. The Bertz CT molecular complexity index is 437. The molecule has 0 amide bonds. The number of rotatable bonds is 1. The Balaban J connectivity index is 2.58. The first-order valence-corrected chi connectivity index (χ1v) is 4.75. The Morgan fingerprint density at radius 3 is 2.64 bits per heavy atom. The predicted molar refractivity (Wildman–Crippen MR) is 58.3 cm³/mol. The van der Waals surface area contributed by atoms with E-state index >= 15 is 0 Å². The third-order valence-electron chi connectivity index (χ3n) is 2.17. The molecule has 1 radical (unpaired) electrons. The molecule has 2 rings (SSSR count). The molecule has 1 aromatic carbocycles. The summed E-state index contributed by atoms with van der Waals surface area (Å²) < 4.78 is 0.